The molecule has 1 aromatic heterocycles. The van der Waals surface area contributed by atoms with E-state index in [1.165, 1.54) is 0 Å². The normalized spacial score (nSPS) is 13.1. The Kier molecular flexibility index (Phi) is 5.94. The molecule has 0 amide bonds. The maximum Gasteiger partial charge on any atom is 0.323 e. The minimum Gasteiger partial charge on any atom is -0.461 e. The number of ether oxygens (including phenoxy) is 1. The molecule has 0 aliphatic carbocycles. The van der Waals surface area contributed by atoms with E-state index >= 15 is 0 Å². The number of nitrogens with two attached hydrogens (primary N) is 1. The summed E-state index contributed by atoms with van der Waals surface area (Å²) < 4.78 is 5.47. The Labute approximate surface area is 121 Å². The van der Waals surface area contributed by atoms with E-state index < -0.39 is 0 Å². The Balaban J connectivity index is 2.86. The summed E-state index contributed by atoms with van der Waals surface area (Å²) >= 11 is 0. The lowest BCUT2D eigenvalue weighted by Crippen LogP contribution is -2.37. The monoisotopic (exact) mass is 282 g/mol. The molecule has 1 rings (SSSR count). The van der Waals surface area contributed by atoms with Gasteiger partial charge in [0.15, 0.2) is 0 Å². The van der Waals surface area contributed by atoms with E-state index in [1.807, 2.05) is 27.9 Å². The minimum absolute atomic E-state index is 0.00711. The van der Waals surface area contributed by atoms with Gasteiger partial charge in [0.1, 0.15) is 0 Å². The number of likely N-dealkylation sites (N-methyl/N-ethyl adjacent to an activating group) is 1. The van der Waals surface area contributed by atoms with Gasteiger partial charge in [-0.15, -0.1) is 0 Å². The number of rotatable bonds is 7. The Hall–Kier alpha value is -1.63. The van der Waals surface area contributed by atoms with Crippen molar-refractivity contribution in [3.05, 3.63) is 0 Å². The van der Waals surface area contributed by atoms with E-state index in [0.717, 1.165) is 6.54 Å². The quantitative estimate of drug-likeness (QED) is 0.777. The molecule has 0 bridgehead atoms. The van der Waals surface area contributed by atoms with Crippen LogP contribution in [0.3, 0.4) is 0 Å². The van der Waals surface area contributed by atoms with Gasteiger partial charge in [0.2, 0.25) is 11.9 Å². The maximum atomic E-state index is 5.70. The van der Waals surface area contributed by atoms with E-state index in [9.17, 15) is 0 Å². The van der Waals surface area contributed by atoms with Gasteiger partial charge < -0.3 is 20.7 Å². The summed E-state index contributed by atoms with van der Waals surface area (Å²) in [7, 11) is 4.07. The molecule has 1 unspecified atom stereocenters. The van der Waals surface area contributed by atoms with Crippen LogP contribution >= 0.6 is 0 Å². The van der Waals surface area contributed by atoms with Gasteiger partial charge in [0, 0.05) is 12.6 Å². The second kappa shape index (κ2) is 7.23. The van der Waals surface area contributed by atoms with Crippen LogP contribution in [-0.2, 0) is 0 Å². The van der Waals surface area contributed by atoms with Crippen molar-refractivity contribution in [3.8, 4) is 6.01 Å². The van der Waals surface area contributed by atoms with E-state index in [2.05, 4.69) is 39.0 Å². The number of anilines is 2. The zero-order chi connectivity index (χ0) is 15.3. The Morgan fingerprint density at radius 3 is 2.30 bits per heavy atom. The molecule has 0 fully saturated rings. The van der Waals surface area contributed by atoms with Crippen molar-refractivity contribution in [1.29, 1.82) is 0 Å². The fourth-order valence-electron chi connectivity index (χ4n) is 1.68. The van der Waals surface area contributed by atoms with Gasteiger partial charge in [-0.2, -0.15) is 15.0 Å². The summed E-state index contributed by atoms with van der Waals surface area (Å²) in [6.45, 7) is 9.00. The number of nitrogens with zero attached hydrogens (tertiary/aromatic N) is 4. The topological polar surface area (TPSA) is 89.2 Å². The summed E-state index contributed by atoms with van der Waals surface area (Å²) in [5, 5.41) is 3.30. The first-order valence-electron chi connectivity index (χ1n) is 6.87. The van der Waals surface area contributed by atoms with Crippen molar-refractivity contribution < 1.29 is 4.74 Å². The number of nitrogens with one attached hydrogen (secondary N) is 1. The molecule has 0 radical (unpaired) electrons. The largest absolute Gasteiger partial charge is 0.461 e. The lowest BCUT2D eigenvalue weighted by molar-refractivity contribution is 0.222. The third kappa shape index (κ3) is 5.56. The molecule has 0 saturated carbocycles. The third-order valence-electron chi connectivity index (χ3n) is 2.65. The van der Waals surface area contributed by atoms with Gasteiger partial charge in [-0.1, -0.05) is 13.8 Å². The van der Waals surface area contributed by atoms with Gasteiger partial charge in [-0.3, -0.25) is 0 Å². The van der Waals surface area contributed by atoms with Crippen LogP contribution in [0.1, 0.15) is 27.7 Å². The number of nitrogen functional groups attached to an aromatic ring is 1. The van der Waals surface area contributed by atoms with Crippen LogP contribution in [0.4, 0.5) is 11.9 Å². The van der Waals surface area contributed by atoms with Crippen molar-refractivity contribution in [2.24, 2.45) is 5.92 Å². The highest BCUT2D eigenvalue weighted by Gasteiger charge is 2.17. The van der Waals surface area contributed by atoms with Gasteiger partial charge in [-0.05, 0) is 33.9 Å². The fourth-order valence-corrected chi connectivity index (χ4v) is 1.68. The second-order valence-electron chi connectivity index (χ2n) is 5.72. The van der Waals surface area contributed by atoms with Gasteiger partial charge in [0.05, 0.1) is 6.10 Å². The fraction of sp³-hybridized carbons (Fsp3) is 0.769. The number of hydrogen-bond donors (Lipinski definition) is 2. The number of hydrogen-bond acceptors (Lipinski definition) is 7. The number of aromatic nitrogens is 3. The molecule has 0 aromatic carbocycles. The SMILES string of the molecule is CC(C)Oc1nc(N)nc(NC(CN(C)C)C(C)C)n1. The molecule has 1 atom stereocenters. The standard InChI is InChI=1S/C13H26N6O/c1-8(2)10(7-19(5)6)15-12-16-11(14)17-13(18-12)20-9(3)4/h8-10H,7H2,1-6H3,(H3,14,15,16,17,18). The Morgan fingerprint density at radius 1 is 1.15 bits per heavy atom. The molecule has 0 aliphatic rings. The first-order valence-corrected chi connectivity index (χ1v) is 6.87. The van der Waals surface area contributed by atoms with Gasteiger partial charge in [-0.25, -0.2) is 0 Å². The summed E-state index contributed by atoms with van der Waals surface area (Å²) in [4.78, 5) is 14.5. The highest BCUT2D eigenvalue weighted by Crippen LogP contribution is 2.14. The zero-order valence-corrected chi connectivity index (χ0v) is 13.2. The highest BCUT2D eigenvalue weighted by atomic mass is 16.5. The van der Waals surface area contributed by atoms with Crippen molar-refractivity contribution in [2.75, 3.05) is 31.7 Å². The summed E-state index contributed by atoms with van der Waals surface area (Å²) in [5.74, 6) is 1.05. The van der Waals surface area contributed by atoms with Gasteiger partial charge in [0.25, 0.3) is 0 Å². The average Bonchev–Trinajstić information content (AvgIpc) is 2.25. The van der Waals surface area contributed by atoms with Crippen LogP contribution in [0, 0.1) is 5.92 Å². The maximum absolute atomic E-state index is 5.70. The molecule has 1 heterocycles. The lowest BCUT2D eigenvalue weighted by atomic mass is 10.0. The zero-order valence-electron chi connectivity index (χ0n) is 13.2. The van der Waals surface area contributed by atoms with E-state index in [0.29, 0.717) is 11.9 Å². The van der Waals surface area contributed by atoms with Crippen LogP contribution in [0.2, 0.25) is 0 Å². The Morgan fingerprint density at radius 2 is 1.80 bits per heavy atom. The molecule has 0 spiro atoms. The summed E-state index contributed by atoms with van der Waals surface area (Å²) in [5.41, 5.74) is 5.70. The first-order chi connectivity index (χ1) is 9.27. The molecular weight excluding hydrogens is 256 g/mol. The van der Waals surface area contributed by atoms with Crippen molar-refractivity contribution >= 4 is 11.9 Å². The molecule has 20 heavy (non-hydrogen) atoms. The first kappa shape index (κ1) is 16.4. The van der Waals surface area contributed by atoms with E-state index in [-0.39, 0.29) is 24.1 Å². The molecule has 114 valence electrons. The smallest absolute Gasteiger partial charge is 0.323 e. The third-order valence-corrected chi connectivity index (χ3v) is 2.65. The highest BCUT2D eigenvalue weighted by molar-refractivity contribution is 5.33. The van der Waals surface area contributed by atoms with Crippen LogP contribution < -0.4 is 15.8 Å². The lowest BCUT2D eigenvalue weighted by Gasteiger charge is -2.25. The van der Waals surface area contributed by atoms with Crippen molar-refractivity contribution in [3.63, 3.8) is 0 Å². The van der Waals surface area contributed by atoms with Crippen molar-refractivity contribution in [1.82, 2.24) is 19.9 Å². The minimum atomic E-state index is -0.00711. The molecule has 3 N–H and O–H groups in total. The van der Waals surface area contributed by atoms with E-state index in [4.69, 9.17) is 10.5 Å². The molecule has 7 nitrogen and oxygen atoms in total. The van der Waals surface area contributed by atoms with Crippen molar-refractivity contribution in [2.45, 2.75) is 39.8 Å². The molecule has 0 saturated heterocycles. The molecule has 1 aromatic rings. The predicted molar refractivity (Wildman–Crippen MR) is 80.8 cm³/mol. The van der Waals surface area contributed by atoms with E-state index in [1.54, 1.807) is 0 Å². The van der Waals surface area contributed by atoms with Crippen LogP contribution in [0.15, 0.2) is 0 Å². The van der Waals surface area contributed by atoms with Crippen LogP contribution in [0.25, 0.3) is 0 Å². The summed E-state index contributed by atoms with van der Waals surface area (Å²) in [6, 6.07) is 0.473. The van der Waals surface area contributed by atoms with Gasteiger partial charge >= 0.3 is 6.01 Å². The summed E-state index contributed by atoms with van der Waals surface area (Å²) in [6.07, 6.45) is -0.00711. The molecule has 7 heteroatoms. The van der Waals surface area contributed by atoms with Crippen LogP contribution in [0.5, 0.6) is 6.01 Å². The Bertz CT molecular complexity index is 421. The molecule has 0 aliphatic heterocycles. The average molecular weight is 282 g/mol. The second-order valence-corrected chi connectivity index (χ2v) is 5.72. The van der Waals surface area contributed by atoms with Crippen LogP contribution in [-0.4, -0.2) is 52.6 Å². The molecular formula is C13H26N6O. The predicted octanol–water partition coefficient (Wildman–Crippen LogP) is 1.24.